The summed E-state index contributed by atoms with van der Waals surface area (Å²) in [5.41, 5.74) is -0.0239. The van der Waals surface area contributed by atoms with Crippen LogP contribution < -0.4 is 10.2 Å². The van der Waals surface area contributed by atoms with E-state index in [9.17, 15) is 14.4 Å². The van der Waals surface area contributed by atoms with Gasteiger partial charge in [0.2, 0.25) is 11.8 Å². The van der Waals surface area contributed by atoms with E-state index in [1.807, 2.05) is 27.7 Å². The zero-order chi connectivity index (χ0) is 25.0. The van der Waals surface area contributed by atoms with E-state index in [0.29, 0.717) is 22.7 Å². The van der Waals surface area contributed by atoms with Crippen LogP contribution >= 0.6 is 0 Å². The average Bonchev–Trinajstić information content (AvgIpc) is 3.60. The predicted molar refractivity (Wildman–Crippen MR) is 128 cm³/mol. The van der Waals surface area contributed by atoms with Crippen molar-refractivity contribution in [1.82, 2.24) is 5.32 Å². The summed E-state index contributed by atoms with van der Waals surface area (Å²) in [5, 5.41) is 3.07. The Morgan fingerprint density at radius 2 is 1.85 bits per heavy atom. The first-order valence-electron chi connectivity index (χ1n) is 12.5. The van der Waals surface area contributed by atoms with E-state index in [2.05, 4.69) is 5.32 Å². The summed E-state index contributed by atoms with van der Waals surface area (Å²) in [6.45, 7) is 10.7. The van der Waals surface area contributed by atoms with Gasteiger partial charge < -0.3 is 15.0 Å². The molecule has 0 radical (unpaired) electrons. The van der Waals surface area contributed by atoms with Gasteiger partial charge in [0.25, 0.3) is 0 Å². The quantitative estimate of drug-likeness (QED) is 0.562. The van der Waals surface area contributed by atoms with E-state index in [4.69, 9.17) is 4.74 Å². The van der Waals surface area contributed by atoms with Gasteiger partial charge in [0.15, 0.2) is 0 Å². The maximum Gasteiger partial charge on any atom is 0.306 e. The number of benzene rings is 1. The number of halogens is 1. The minimum Gasteiger partial charge on any atom is -0.460 e. The van der Waals surface area contributed by atoms with Gasteiger partial charge in [-0.25, -0.2) is 4.39 Å². The number of rotatable bonds is 8. The third kappa shape index (κ3) is 4.98. The molecule has 1 N–H and O–H groups in total. The molecule has 2 amide bonds. The Bertz CT molecular complexity index is 1000. The highest BCUT2D eigenvalue weighted by atomic mass is 19.1. The van der Waals surface area contributed by atoms with Crippen molar-refractivity contribution in [3.63, 3.8) is 0 Å². The molecular weight excluding hydrogens is 435 g/mol. The van der Waals surface area contributed by atoms with Crippen molar-refractivity contribution >= 4 is 23.5 Å². The second-order valence-corrected chi connectivity index (χ2v) is 11.9. The topological polar surface area (TPSA) is 75.7 Å². The molecule has 6 nitrogen and oxygen atoms in total. The molecule has 186 valence electrons. The summed E-state index contributed by atoms with van der Waals surface area (Å²) >= 11 is 0. The fraction of sp³-hybridized carbons (Fsp3) is 0.667. The molecule has 1 aliphatic heterocycles. The van der Waals surface area contributed by atoms with Crippen LogP contribution in [-0.4, -0.2) is 36.0 Å². The first-order chi connectivity index (χ1) is 15.8. The molecule has 0 saturated heterocycles. The smallest absolute Gasteiger partial charge is 0.306 e. The van der Waals surface area contributed by atoms with Crippen molar-refractivity contribution in [1.29, 1.82) is 0 Å². The number of ether oxygens (including phenoxy) is 1. The first-order valence-corrected chi connectivity index (χ1v) is 12.5. The molecular formula is C27H37FN2O4. The Labute approximate surface area is 201 Å². The molecule has 0 aromatic heterocycles. The Balaban J connectivity index is 1.46. The van der Waals surface area contributed by atoms with Crippen molar-refractivity contribution in [2.24, 2.45) is 11.8 Å². The van der Waals surface area contributed by atoms with Gasteiger partial charge in [-0.15, -0.1) is 0 Å². The summed E-state index contributed by atoms with van der Waals surface area (Å²) in [7, 11) is 0. The van der Waals surface area contributed by atoms with E-state index in [-0.39, 0.29) is 54.4 Å². The monoisotopic (exact) mass is 472 g/mol. The lowest BCUT2D eigenvalue weighted by molar-refractivity contribution is -0.156. The number of nitrogens with one attached hydrogen (secondary N) is 1. The van der Waals surface area contributed by atoms with Gasteiger partial charge in [0.1, 0.15) is 18.0 Å². The van der Waals surface area contributed by atoms with Gasteiger partial charge in [-0.3, -0.25) is 14.4 Å². The van der Waals surface area contributed by atoms with Crippen LogP contribution in [0, 0.1) is 17.7 Å². The number of anilines is 1. The number of nitrogens with zero attached hydrogens (tertiary/aromatic N) is 1. The van der Waals surface area contributed by atoms with Crippen molar-refractivity contribution in [3.05, 3.63) is 29.1 Å². The molecule has 34 heavy (non-hydrogen) atoms. The molecule has 0 unspecified atom stereocenters. The molecule has 2 fully saturated rings. The summed E-state index contributed by atoms with van der Waals surface area (Å²) in [6, 6.07) is 3.38. The van der Waals surface area contributed by atoms with E-state index in [1.165, 1.54) is 4.90 Å². The summed E-state index contributed by atoms with van der Waals surface area (Å²) in [6.07, 6.45) is 4.15. The number of carbonyl (C=O) groups excluding carboxylic acids is 3. The molecule has 4 rings (SSSR count). The lowest BCUT2D eigenvalue weighted by Gasteiger charge is -2.28. The lowest BCUT2D eigenvalue weighted by atomic mass is 9.84. The molecule has 0 spiro atoms. The number of esters is 1. The van der Waals surface area contributed by atoms with Crippen molar-refractivity contribution in [2.75, 3.05) is 11.4 Å². The second kappa shape index (κ2) is 8.65. The Hall–Kier alpha value is -2.44. The fourth-order valence-electron chi connectivity index (χ4n) is 5.15. The zero-order valence-electron chi connectivity index (χ0n) is 21.2. The highest BCUT2D eigenvalue weighted by molar-refractivity contribution is 6.10. The molecule has 1 aromatic rings. The number of hydrogen-bond acceptors (Lipinski definition) is 4. The maximum absolute atomic E-state index is 15.4. The number of carbonyl (C=O) groups is 3. The van der Waals surface area contributed by atoms with Crippen LogP contribution in [0.15, 0.2) is 12.1 Å². The standard InChI is InChI=1S/C27H37FN2O4/c1-15(13-21(32)34-26(2,3)4)24(17-9-10-17)29-20(31)14-30-19-12-11-18(16-7-8-16)23(28)22(19)27(5,6)25(30)33/h11-12,15-17,24H,7-10,13-14H2,1-6H3,(H,29,31)/t15-,24-/m1/s1. The van der Waals surface area contributed by atoms with Crippen LogP contribution in [0.25, 0.3) is 0 Å². The van der Waals surface area contributed by atoms with Gasteiger partial charge in [-0.1, -0.05) is 13.0 Å². The van der Waals surface area contributed by atoms with Gasteiger partial charge >= 0.3 is 5.97 Å². The first kappa shape index (κ1) is 24.7. The third-order valence-electron chi connectivity index (χ3n) is 7.14. The Kier molecular flexibility index (Phi) is 6.28. The van der Waals surface area contributed by atoms with E-state index < -0.39 is 11.0 Å². The highest BCUT2D eigenvalue weighted by Gasteiger charge is 2.48. The van der Waals surface area contributed by atoms with Gasteiger partial charge in [0, 0.05) is 11.6 Å². The average molecular weight is 473 g/mol. The maximum atomic E-state index is 15.4. The molecule has 2 saturated carbocycles. The van der Waals surface area contributed by atoms with Crippen LogP contribution in [0.3, 0.4) is 0 Å². The van der Waals surface area contributed by atoms with Gasteiger partial charge in [0.05, 0.1) is 17.5 Å². The van der Waals surface area contributed by atoms with E-state index >= 15 is 4.39 Å². The summed E-state index contributed by atoms with van der Waals surface area (Å²) < 4.78 is 20.8. The molecule has 2 atom stereocenters. The summed E-state index contributed by atoms with van der Waals surface area (Å²) in [5.74, 6) is -0.693. The second-order valence-electron chi connectivity index (χ2n) is 11.9. The van der Waals surface area contributed by atoms with E-state index in [0.717, 1.165) is 25.7 Å². The zero-order valence-corrected chi connectivity index (χ0v) is 21.2. The molecule has 2 aliphatic carbocycles. The van der Waals surface area contributed by atoms with Crippen LogP contribution in [0.4, 0.5) is 10.1 Å². The fourth-order valence-corrected chi connectivity index (χ4v) is 5.15. The SMILES string of the molecule is C[C@H](CC(=O)OC(C)(C)C)[C@@H](NC(=O)CN1C(=O)C(C)(C)c2c1ccc(C1CC1)c2F)C1CC1. The van der Waals surface area contributed by atoms with E-state index in [1.54, 1.807) is 26.0 Å². The van der Waals surface area contributed by atoms with Crippen molar-refractivity contribution in [3.8, 4) is 0 Å². The number of hydrogen-bond donors (Lipinski definition) is 1. The van der Waals surface area contributed by atoms with Crippen LogP contribution in [-0.2, 0) is 24.5 Å². The van der Waals surface area contributed by atoms with Crippen LogP contribution in [0.2, 0.25) is 0 Å². The molecule has 1 aromatic carbocycles. The molecule has 7 heteroatoms. The normalized spacial score (nSPS) is 21.1. The third-order valence-corrected chi connectivity index (χ3v) is 7.14. The molecule has 0 bridgehead atoms. The lowest BCUT2D eigenvalue weighted by Crippen LogP contribution is -2.48. The summed E-state index contributed by atoms with van der Waals surface area (Å²) in [4.78, 5) is 40.0. The predicted octanol–water partition coefficient (Wildman–Crippen LogP) is 4.59. The van der Waals surface area contributed by atoms with Crippen LogP contribution in [0.5, 0.6) is 0 Å². The highest BCUT2D eigenvalue weighted by Crippen LogP contribution is 2.49. The minimum atomic E-state index is -1.02. The largest absolute Gasteiger partial charge is 0.460 e. The van der Waals surface area contributed by atoms with Crippen LogP contribution in [0.1, 0.15) is 90.7 Å². The molecule has 3 aliphatic rings. The Morgan fingerprint density at radius 1 is 1.21 bits per heavy atom. The molecule has 1 heterocycles. The Morgan fingerprint density at radius 3 is 2.41 bits per heavy atom. The van der Waals surface area contributed by atoms with Crippen molar-refractivity contribution < 1.29 is 23.5 Å². The minimum absolute atomic E-state index is 0.0946. The van der Waals surface area contributed by atoms with Gasteiger partial charge in [-0.2, -0.15) is 0 Å². The number of amides is 2. The van der Waals surface area contributed by atoms with Gasteiger partial charge in [-0.05, 0) is 89.7 Å². The number of fused-ring (bicyclic) bond motifs is 1. The van der Waals surface area contributed by atoms with Crippen molar-refractivity contribution in [2.45, 2.75) is 96.6 Å².